The van der Waals surface area contributed by atoms with Gasteiger partial charge >= 0.3 is 0 Å². The number of hydrogen-bond acceptors (Lipinski definition) is 1. The molecule has 56 valence electrons. The summed E-state index contributed by atoms with van der Waals surface area (Å²) in [5.74, 6) is 0. The van der Waals surface area contributed by atoms with Crippen LogP contribution >= 0.6 is 10.0 Å². The van der Waals surface area contributed by atoms with E-state index in [2.05, 4.69) is 18.8 Å². The van der Waals surface area contributed by atoms with E-state index in [1.807, 2.05) is 0 Å². The predicted octanol–water partition coefficient (Wildman–Crippen LogP) is 1.47. The molecule has 1 aliphatic rings. The Morgan fingerprint density at radius 2 is 2.00 bits per heavy atom. The molecule has 1 saturated heterocycles. The van der Waals surface area contributed by atoms with E-state index in [0.717, 1.165) is 18.5 Å². The molecule has 2 heteroatoms. The molecule has 0 bridgehead atoms. The maximum Gasteiger partial charge on any atom is 0.0571 e. The monoisotopic (exact) mass is 148 g/mol. The summed E-state index contributed by atoms with van der Waals surface area (Å²) in [5.41, 5.74) is 0. The van der Waals surface area contributed by atoms with Crippen molar-refractivity contribution in [2.24, 2.45) is 0 Å². The van der Waals surface area contributed by atoms with Gasteiger partial charge in [-0.15, -0.1) is 0 Å². The maximum absolute atomic E-state index is 5.30. The van der Waals surface area contributed by atoms with Crippen LogP contribution in [0.15, 0.2) is 0 Å². The minimum Gasteiger partial charge on any atom is -0.380 e. The van der Waals surface area contributed by atoms with E-state index in [0.29, 0.717) is 0 Å². The summed E-state index contributed by atoms with van der Waals surface area (Å²) in [5, 5.41) is 0.873. The molecule has 1 aliphatic heterocycles. The van der Waals surface area contributed by atoms with Crippen molar-refractivity contribution in [1.82, 2.24) is 0 Å². The van der Waals surface area contributed by atoms with Crippen molar-refractivity contribution < 1.29 is 4.74 Å². The van der Waals surface area contributed by atoms with E-state index < -0.39 is 0 Å². The summed E-state index contributed by atoms with van der Waals surface area (Å²) in [6.07, 6.45) is 8.39. The van der Waals surface area contributed by atoms with Crippen LogP contribution in [0.2, 0.25) is 0 Å². The second kappa shape index (κ2) is 2.51. The molecule has 1 heterocycles. The highest BCUT2D eigenvalue weighted by Gasteiger charge is 2.23. The molecule has 0 aromatic carbocycles. The average molecular weight is 148 g/mol. The number of hydrogen-bond donors (Lipinski definition) is 0. The fourth-order valence-electron chi connectivity index (χ4n) is 1.07. The zero-order chi connectivity index (χ0) is 6.91. The molecule has 0 radical (unpaired) electrons. The average Bonchev–Trinajstić information content (AvgIpc) is 2.08. The largest absolute Gasteiger partial charge is 0.380 e. The van der Waals surface area contributed by atoms with Gasteiger partial charge in [0.1, 0.15) is 0 Å². The molecule has 0 aromatic rings. The van der Waals surface area contributed by atoms with Gasteiger partial charge < -0.3 is 4.74 Å². The first-order chi connectivity index (χ1) is 4.11. The smallest absolute Gasteiger partial charge is 0.0571 e. The summed E-state index contributed by atoms with van der Waals surface area (Å²) in [7, 11) is -0.328. The Balaban J connectivity index is 2.42. The SMILES string of the molecule is CS(C)(C)C1CCOC1. The van der Waals surface area contributed by atoms with Crippen LogP contribution in [-0.2, 0) is 4.74 Å². The summed E-state index contributed by atoms with van der Waals surface area (Å²) in [6.45, 7) is 2.01. The predicted molar refractivity (Wildman–Crippen MR) is 44.6 cm³/mol. The van der Waals surface area contributed by atoms with Crippen LogP contribution in [0.4, 0.5) is 0 Å². The van der Waals surface area contributed by atoms with Gasteiger partial charge in [0.2, 0.25) is 0 Å². The van der Waals surface area contributed by atoms with Crippen molar-refractivity contribution >= 4 is 10.0 Å². The van der Waals surface area contributed by atoms with Crippen LogP contribution in [0.25, 0.3) is 0 Å². The van der Waals surface area contributed by atoms with Gasteiger partial charge in [-0.05, 0) is 25.2 Å². The van der Waals surface area contributed by atoms with Crippen molar-refractivity contribution in [1.29, 1.82) is 0 Å². The van der Waals surface area contributed by atoms with E-state index in [1.165, 1.54) is 6.42 Å². The van der Waals surface area contributed by atoms with E-state index in [4.69, 9.17) is 4.74 Å². The molecule has 0 aromatic heterocycles. The lowest BCUT2D eigenvalue weighted by atomic mass is 10.4. The molecule has 0 spiro atoms. The van der Waals surface area contributed by atoms with Crippen LogP contribution in [0.5, 0.6) is 0 Å². The van der Waals surface area contributed by atoms with Gasteiger partial charge in [0.05, 0.1) is 6.61 Å². The third-order valence-electron chi connectivity index (χ3n) is 1.89. The molecule has 1 unspecified atom stereocenters. The minimum absolute atomic E-state index is 0.328. The Morgan fingerprint density at radius 3 is 2.22 bits per heavy atom. The summed E-state index contributed by atoms with van der Waals surface area (Å²) in [4.78, 5) is 0. The van der Waals surface area contributed by atoms with E-state index in [-0.39, 0.29) is 10.0 Å². The lowest BCUT2D eigenvalue weighted by Gasteiger charge is -2.31. The van der Waals surface area contributed by atoms with E-state index in [1.54, 1.807) is 0 Å². The van der Waals surface area contributed by atoms with Crippen molar-refractivity contribution in [3.63, 3.8) is 0 Å². The lowest BCUT2D eigenvalue weighted by molar-refractivity contribution is 0.199. The van der Waals surface area contributed by atoms with Gasteiger partial charge in [-0.1, -0.05) is 0 Å². The molecule has 9 heavy (non-hydrogen) atoms. The Labute approximate surface area is 59.1 Å². The van der Waals surface area contributed by atoms with Gasteiger partial charge in [0.15, 0.2) is 0 Å². The molecular weight excluding hydrogens is 132 g/mol. The van der Waals surface area contributed by atoms with Crippen molar-refractivity contribution in [3.8, 4) is 0 Å². The Kier molecular flexibility index (Phi) is 2.07. The summed E-state index contributed by atoms with van der Waals surface area (Å²) in [6, 6.07) is 0. The Bertz CT molecular complexity index is 89.6. The zero-order valence-electron chi connectivity index (χ0n) is 6.52. The first-order valence-electron chi connectivity index (χ1n) is 3.35. The molecule has 0 amide bonds. The van der Waals surface area contributed by atoms with Crippen molar-refractivity contribution in [2.75, 3.05) is 32.0 Å². The molecule has 0 saturated carbocycles. The maximum atomic E-state index is 5.30. The fourth-order valence-corrected chi connectivity index (χ4v) is 2.38. The molecular formula is C7H16OS. The zero-order valence-corrected chi connectivity index (χ0v) is 7.33. The third kappa shape index (κ3) is 1.87. The minimum atomic E-state index is -0.328. The quantitative estimate of drug-likeness (QED) is 0.547. The normalized spacial score (nSPS) is 30.8. The highest BCUT2D eigenvalue weighted by Crippen LogP contribution is 2.44. The molecule has 1 atom stereocenters. The van der Waals surface area contributed by atoms with Crippen LogP contribution in [0.3, 0.4) is 0 Å². The van der Waals surface area contributed by atoms with Crippen LogP contribution < -0.4 is 0 Å². The van der Waals surface area contributed by atoms with Gasteiger partial charge in [-0.2, -0.15) is 0 Å². The van der Waals surface area contributed by atoms with Crippen LogP contribution in [0.1, 0.15) is 6.42 Å². The number of rotatable bonds is 1. The molecule has 0 N–H and O–H groups in total. The summed E-state index contributed by atoms with van der Waals surface area (Å²) < 4.78 is 5.30. The first-order valence-corrected chi connectivity index (χ1v) is 6.28. The van der Waals surface area contributed by atoms with Gasteiger partial charge in [-0.3, -0.25) is 0 Å². The molecule has 1 fully saturated rings. The Morgan fingerprint density at radius 1 is 1.33 bits per heavy atom. The van der Waals surface area contributed by atoms with Gasteiger partial charge in [-0.25, -0.2) is 10.0 Å². The first kappa shape index (κ1) is 7.42. The van der Waals surface area contributed by atoms with Gasteiger partial charge in [0.25, 0.3) is 0 Å². The lowest BCUT2D eigenvalue weighted by Crippen LogP contribution is -2.14. The van der Waals surface area contributed by atoms with Crippen LogP contribution in [0, 0.1) is 0 Å². The molecule has 1 rings (SSSR count). The van der Waals surface area contributed by atoms with Crippen molar-refractivity contribution in [3.05, 3.63) is 0 Å². The summed E-state index contributed by atoms with van der Waals surface area (Å²) >= 11 is 0. The highest BCUT2D eigenvalue weighted by molar-refractivity contribution is 8.32. The standard InChI is InChI=1S/C7H16OS/c1-9(2,3)7-4-5-8-6-7/h7H,4-6H2,1-3H3. The number of ether oxygens (including phenoxy) is 1. The highest BCUT2D eigenvalue weighted by atomic mass is 32.3. The van der Waals surface area contributed by atoms with E-state index >= 15 is 0 Å². The van der Waals surface area contributed by atoms with Gasteiger partial charge in [0, 0.05) is 11.9 Å². The fraction of sp³-hybridized carbons (Fsp3) is 1.00. The molecule has 0 aliphatic carbocycles. The van der Waals surface area contributed by atoms with Crippen molar-refractivity contribution in [2.45, 2.75) is 11.7 Å². The third-order valence-corrected chi connectivity index (χ3v) is 4.26. The second-order valence-corrected chi connectivity index (χ2v) is 7.95. The second-order valence-electron chi connectivity index (χ2n) is 3.42. The molecule has 1 nitrogen and oxygen atoms in total. The van der Waals surface area contributed by atoms with Crippen LogP contribution in [-0.4, -0.2) is 37.2 Å². The van der Waals surface area contributed by atoms with E-state index in [9.17, 15) is 0 Å². The Hall–Kier alpha value is 0.310. The topological polar surface area (TPSA) is 9.23 Å².